The normalized spacial score (nSPS) is 6.88. The van der Waals surface area contributed by atoms with Gasteiger partial charge in [-0.3, -0.25) is 0 Å². The fraction of sp³-hybridized carbons (Fsp3) is 0.143. The molecular formula is C7H8S. The van der Waals surface area contributed by atoms with Gasteiger partial charge in [-0.15, -0.1) is 12.8 Å². The molecule has 0 saturated carbocycles. The summed E-state index contributed by atoms with van der Waals surface area (Å²) in [6.45, 7) is 2.09. The molecule has 0 nitrogen and oxygen atoms in total. The maximum Gasteiger partial charge on any atom is -0.00641 e. The van der Waals surface area contributed by atoms with Crippen molar-refractivity contribution in [3.8, 4) is 12.8 Å². The van der Waals surface area contributed by atoms with Gasteiger partial charge in [0.05, 0.1) is 0 Å². The van der Waals surface area contributed by atoms with E-state index in [9.17, 15) is 0 Å². The molecule has 0 amide bonds. The van der Waals surface area contributed by atoms with E-state index in [1.807, 2.05) is 0 Å². The maximum absolute atomic E-state index is 4.00. The fourth-order valence-corrected chi connectivity index (χ4v) is 0.998. The van der Waals surface area contributed by atoms with Crippen molar-refractivity contribution in [2.24, 2.45) is 0 Å². The Labute approximate surface area is 54.2 Å². The Morgan fingerprint density at radius 2 is 2.12 bits per heavy atom. The summed E-state index contributed by atoms with van der Waals surface area (Å²) < 4.78 is 0. The summed E-state index contributed by atoms with van der Waals surface area (Å²) in [5.41, 5.74) is 1.36. The monoisotopic (exact) mass is 124 g/mol. The lowest BCUT2D eigenvalue weighted by Gasteiger charge is -1.65. The lowest BCUT2D eigenvalue weighted by atomic mass is 10.4. The van der Waals surface area contributed by atoms with Crippen molar-refractivity contribution >= 4 is 11.3 Å². The average molecular weight is 124 g/mol. The van der Waals surface area contributed by atoms with Crippen LogP contribution in [0.15, 0.2) is 16.8 Å². The molecule has 0 spiro atoms. The zero-order valence-electron chi connectivity index (χ0n) is 4.79. The summed E-state index contributed by atoms with van der Waals surface area (Å²) in [6.07, 6.45) is 8.00. The smallest absolute Gasteiger partial charge is 0.00641 e. The summed E-state index contributed by atoms with van der Waals surface area (Å²) >= 11 is 1.74. The van der Waals surface area contributed by atoms with Crippen molar-refractivity contribution < 1.29 is 0 Å². The molecule has 0 radical (unpaired) electrons. The molecule has 1 aromatic heterocycles. The molecule has 1 heterocycles. The average Bonchev–Trinajstić information content (AvgIpc) is 2.24. The molecule has 0 aliphatic rings. The minimum atomic E-state index is 1.36. The third-order valence-corrected chi connectivity index (χ3v) is 1.46. The summed E-state index contributed by atoms with van der Waals surface area (Å²) in [4.78, 5) is 0. The predicted molar refractivity (Wildman–Crippen MR) is 38.9 cm³/mol. The molecule has 0 aliphatic carbocycles. The predicted octanol–water partition coefficient (Wildman–Crippen LogP) is 2.31. The Balaban J connectivity index is 0.000000222. The Kier molecular flexibility index (Phi) is 4.01. The van der Waals surface area contributed by atoms with Crippen LogP contribution in [0.2, 0.25) is 0 Å². The summed E-state index contributed by atoms with van der Waals surface area (Å²) in [7, 11) is 0. The number of terminal acetylenes is 1. The molecule has 0 aliphatic heterocycles. The second kappa shape index (κ2) is 4.42. The fourth-order valence-electron chi connectivity index (χ4n) is 0.333. The highest BCUT2D eigenvalue weighted by molar-refractivity contribution is 7.07. The molecule has 0 saturated heterocycles. The van der Waals surface area contributed by atoms with Gasteiger partial charge >= 0.3 is 0 Å². The second-order valence-corrected chi connectivity index (χ2v) is 2.08. The quantitative estimate of drug-likeness (QED) is 0.465. The number of rotatable bonds is 0. The highest BCUT2D eigenvalue weighted by Crippen LogP contribution is 2.01. The lowest BCUT2D eigenvalue weighted by Crippen LogP contribution is -1.47. The van der Waals surface area contributed by atoms with Crippen LogP contribution in [0.5, 0.6) is 0 Å². The first kappa shape index (κ1) is 7.26. The minimum Gasteiger partial charge on any atom is -0.152 e. The molecule has 0 bridgehead atoms. The van der Waals surface area contributed by atoms with Crippen LogP contribution in [0.1, 0.15) is 5.56 Å². The molecule has 1 aromatic rings. The van der Waals surface area contributed by atoms with Gasteiger partial charge in [0, 0.05) is 0 Å². The van der Waals surface area contributed by atoms with Gasteiger partial charge in [-0.1, -0.05) is 0 Å². The van der Waals surface area contributed by atoms with Gasteiger partial charge < -0.3 is 0 Å². The molecule has 0 atom stereocenters. The number of thiophene rings is 1. The standard InChI is InChI=1S/C5H6S.C2H2/c1-5-2-3-6-4-5;1-2/h2-4H,1H3;1-2H. The topological polar surface area (TPSA) is 0 Å². The Morgan fingerprint density at radius 1 is 1.50 bits per heavy atom. The van der Waals surface area contributed by atoms with Gasteiger partial charge in [0.2, 0.25) is 0 Å². The minimum absolute atomic E-state index is 1.36. The van der Waals surface area contributed by atoms with Gasteiger partial charge in [-0.25, -0.2) is 0 Å². The molecule has 1 heteroatoms. The van der Waals surface area contributed by atoms with E-state index in [-0.39, 0.29) is 0 Å². The van der Waals surface area contributed by atoms with Gasteiger partial charge in [0.15, 0.2) is 0 Å². The summed E-state index contributed by atoms with van der Waals surface area (Å²) in [6, 6.07) is 2.10. The van der Waals surface area contributed by atoms with Crippen LogP contribution in [0.4, 0.5) is 0 Å². The van der Waals surface area contributed by atoms with E-state index >= 15 is 0 Å². The van der Waals surface area contributed by atoms with Crippen molar-refractivity contribution in [3.05, 3.63) is 22.4 Å². The molecular weight excluding hydrogens is 116 g/mol. The summed E-state index contributed by atoms with van der Waals surface area (Å²) in [5.74, 6) is 0. The molecule has 0 fully saturated rings. The zero-order valence-corrected chi connectivity index (χ0v) is 5.61. The number of hydrogen-bond donors (Lipinski definition) is 0. The molecule has 8 heavy (non-hydrogen) atoms. The van der Waals surface area contributed by atoms with E-state index in [2.05, 4.69) is 36.6 Å². The van der Waals surface area contributed by atoms with Crippen molar-refractivity contribution in [2.75, 3.05) is 0 Å². The molecule has 1 rings (SSSR count). The highest BCUT2D eigenvalue weighted by atomic mass is 32.1. The first-order chi connectivity index (χ1) is 3.89. The van der Waals surface area contributed by atoms with E-state index < -0.39 is 0 Å². The van der Waals surface area contributed by atoms with E-state index in [4.69, 9.17) is 0 Å². The number of aryl methyl sites for hydroxylation is 1. The van der Waals surface area contributed by atoms with Crippen molar-refractivity contribution in [3.63, 3.8) is 0 Å². The van der Waals surface area contributed by atoms with Gasteiger partial charge in [0.1, 0.15) is 0 Å². The molecule has 0 unspecified atom stereocenters. The second-order valence-electron chi connectivity index (χ2n) is 1.30. The van der Waals surface area contributed by atoms with E-state index in [0.29, 0.717) is 0 Å². The Morgan fingerprint density at radius 3 is 2.25 bits per heavy atom. The third kappa shape index (κ3) is 2.44. The summed E-state index contributed by atoms with van der Waals surface area (Å²) in [5, 5.41) is 4.20. The zero-order chi connectivity index (χ0) is 6.41. The van der Waals surface area contributed by atoms with Crippen LogP contribution in [0.3, 0.4) is 0 Å². The first-order valence-electron chi connectivity index (χ1n) is 2.22. The van der Waals surface area contributed by atoms with Gasteiger partial charge in [-0.05, 0) is 29.3 Å². The van der Waals surface area contributed by atoms with E-state index in [0.717, 1.165) is 0 Å². The van der Waals surface area contributed by atoms with Crippen molar-refractivity contribution in [1.82, 2.24) is 0 Å². The SMILES string of the molecule is C#C.Cc1ccsc1. The largest absolute Gasteiger partial charge is 0.152 e. The molecule has 0 aromatic carbocycles. The lowest BCUT2D eigenvalue weighted by molar-refractivity contribution is 1.56. The van der Waals surface area contributed by atoms with Crippen LogP contribution in [0.25, 0.3) is 0 Å². The Hall–Kier alpha value is -0.740. The van der Waals surface area contributed by atoms with Crippen LogP contribution < -0.4 is 0 Å². The molecule has 0 N–H and O–H groups in total. The van der Waals surface area contributed by atoms with Gasteiger partial charge in [0.25, 0.3) is 0 Å². The van der Waals surface area contributed by atoms with Crippen LogP contribution >= 0.6 is 11.3 Å². The van der Waals surface area contributed by atoms with Crippen LogP contribution in [-0.4, -0.2) is 0 Å². The van der Waals surface area contributed by atoms with E-state index in [1.165, 1.54) is 5.56 Å². The van der Waals surface area contributed by atoms with E-state index in [1.54, 1.807) is 11.3 Å². The first-order valence-corrected chi connectivity index (χ1v) is 3.16. The van der Waals surface area contributed by atoms with Crippen molar-refractivity contribution in [2.45, 2.75) is 6.92 Å². The number of hydrogen-bond acceptors (Lipinski definition) is 1. The highest BCUT2D eigenvalue weighted by Gasteiger charge is 1.74. The van der Waals surface area contributed by atoms with Crippen LogP contribution in [0, 0.1) is 19.8 Å². The van der Waals surface area contributed by atoms with Crippen molar-refractivity contribution in [1.29, 1.82) is 0 Å². The Bertz CT molecular complexity index is 137. The third-order valence-electron chi connectivity index (χ3n) is 0.663. The maximum atomic E-state index is 4.00. The van der Waals surface area contributed by atoms with Crippen LogP contribution in [-0.2, 0) is 0 Å². The molecule has 42 valence electrons. The van der Waals surface area contributed by atoms with Gasteiger partial charge in [-0.2, -0.15) is 11.3 Å².